The average molecular weight is 214 g/mol. The van der Waals surface area contributed by atoms with Crippen LogP contribution in [-0.4, -0.2) is 39.4 Å². The van der Waals surface area contributed by atoms with Crippen molar-refractivity contribution in [3.63, 3.8) is 0 Å². The van der Waals surface area contributed by atoms with Crippen molar-refractivity contribution < 1.29 is 4.74 Å². The number of hydrogen-bond donors (Lipinski definition) is 2. The summed E-state index contributed by atoms with van der Waals surface area (Å²) in [6.07, 6.45) is 6.06. The minimum Gasteiger partial charge on any atom is -0.380 e. The monoisotopic (exact) mass is 214 g/mol. The third-order valence-electron chi connectivity index (χ3n) is 3.22. The number of rotatable bonds is 8. The van der Waals surface area contributed by atoms with Gasteiger partial charge >= 0.3 is 0 Å². The fourth-order valence-corrected chi connectivity index (χ4v) is 2.09. The highest BCUT2D eigenvalue weighted by Crippen LogP contribution is 2.23. The Hall–Kier alpha value is -0.120. The second-order valence-corrected chi connectivity index (χ2v) is 4.61. The van der Waals surface area contributed by atoms with E-state index in [4.69, 9.17) is 4.74 Å². The molecule has 0 aromatic carbocycles. The SMILES string of the molecule is COC(C)CNCCNCC1CCCC1. The Kier molecular flexibility index (Phi) is 6.98. The van der Waals surface area contributed by atoms with Crippen molar-refractivity contribution in [2.75, 3.05) is 33.3 Å². The van der Waals surface area contributed by atoms with Crippen LogP contribution in [0.1, 0.15) is 32.6 Å². The zero-order valence-corrected chi connectivity index (χ0v) is 10.2. The molecule has 1 saturated carbocycles. The van der Waals surface area contributed by atoms with Gasteiger partial charge in [0.2, 0.25) is 0 Å². The lowest BCUT2D eigenvalue weighted by atomic mass is 10.1. The summed E-state index contributed by atoms with van der Waals surface area (Å²) in [5.41, 5.74) is 0. The van der Waals surface area contributed by atoms with Crippen molar-refractivity contribution in [1.29, 1.82) is 0 Å². The molecular formula is C12H26N2O. The topological polar surface area (TPSA) is 33.3 Å². The number of hydrogen-bond acceptors (Lipinski definition) is 3. The van der Waals surface area contributed by atoms with Crippen molar-refractivity contribution in [1.82, 2.24) is 10.6 Å². The maximum Gasteiger partial charge on any atom is 0.0667 e. The third kappa shape index (κ3) is 6.13. The van der Waals surface area contributed by atoms with Crippen LogP contribution in [0.15, 0.2) is 0 Å². The maximum absolute atomic E-state index is 5.16. The Bertz CT molecular complexity index is 147. The van der Waals surface area contributed by atoms with Gasteiger partial charge < -0.3 is 15.4 Å². The molecule has 1 unspecified atom stereocenters. The molecule has 1 fully saturated rings. The molecule has 0 spiro atoms. The summed E-state index contributed by atoms with van der Waals surface area (Å²) < 4.78 is 5.16. The molecule has 90 valence electrons. The Morgan fingerprint density at radius 1 is 1.20 bits per heavy atom. The molecule has 0 aromatic heterocycles. The van der Waals surface area contributed by atoms with E-state index in [0.29, 0.717) is 6.10 Å². The van der Waals surface area contributed by atoms with Crippen LogP contribution in [0.5, 0.6) is 0 Å². The van der Waals surface area contributed by atoms with Crippen molar-refractivity contribution in [3.8, 4) is 0 Å². The molecule has 1 atom stereocenters. The van der Waals surface area contributed by atoms with Gasteiger partial charge in [-0.15, -0.1) is 0 Å². The zero-order chi connectivity index (χ0) is 10.9. The van der Waals surface area contributed by atoms with Gasteiger partial charge in [0, 0.05) is 26.7 Å². The normalized spacial score (nSPS) is 19.6. The Morgan fingerprint density at radius 3 is 2.53 bits per heavy atom. The molecule has 0 amide bonds. The second kappa shape index (κ2) is 8.08. The first-order chi connectivity index (χ1) is 7.33. The van der Waals surface area contributed by atoms with E-state index >= 15 is 0 Å². The largest absolute Gasteiger partial charge is 0.380 e. The van der Waals surface area contributed by atoms with Gasteiger partial charge in [-0.05, 0) is 32.2 Å². The summed E-state index contributed by atoms with van der Waals surface area (Å²) in [7, 11) is 1.75. The highest BCUT2D eigenvalue weighted by atomic mass is 16.5. The fourth-order valence-electron chi connectivity index (χ4n) is 2.09. The molecule has 3 heteroatoms. The van der Waals surface area contributed by atoms with Crippen LogP contribution in [0.2, 0.25) is 0 Å². The van der Waals surface area contributed by atoms with E-state index < -0.39 is 0 Å². The maximum atomic E-state index is 5.16. The smallest absolute Gasteiger partial charge is 0.0667 e. The lowest BCUT2D eigenvalue weighted by molar-refractivity contribution is 0.117. The fraction of sp³-hybridized carbons (Fsp3) is 1.00. The predicted molar refractivity (Wildman–Crippen MR) is 64.2 cm³/mol. The minimum atomic E-state index is 0.319. The molecule has 2 N–H and O–H groups in total. The molecule has 0 radical (unpaired) electrons. The molecule has 0 aromatic rings. The molecule has 1 aliphatic carbocycles. The quantitative estimate of drug-likeness (QED) is 0.599. The van der Waals surface area contributed by atoms with Crippen LogP contribution in [0.4, 0.5) is 0 Å². The van der Waals surface area contributed by atoms with E-state index in [1.807, 2.05) is 0 Å². The van der Waals surface area contributed by atoms with Gasteiger partial charge in [-0.25, -0.2) is 0 Å². The van der Waals surface area contributed by atoms with Crippen molar-refractivity contribution >= 4 is 0 Å². The Morgan fingerprint density at radius 2 is 1.87 bits per heavy atom. The Labute approximate surface area is 94.0 Å². The molecule has 3 nitrogen and oxygen atoms in total. The molecule has 0 heterocycles. The lowest BCUT2D eigenvalue weighted by Crippen LogP contribution is -2.34. The minimum absolute atomic E-state index is 0.319. The zero-order valence-electron chi connectivity index (χ0n) is 10.2. The van der Waals surface area contributed by atoms with Gasteiger partial charge in [0.05, 0.1) is 6.10 Å². The van der Waals surface area contributed by atoms with Crippen molar-refractivity contribution in [2.45, 2.75) is 38.7 Å². The van der Waals surface area contributed by atoms with E-state index in [2.05, 4.69) is 17.6 Å². The van der Waals surface area contributed by atoms with Gasteiger partial charge in [0.25, 0.3) is 0 Å². The summed E-state index contributed by atoms with van der Waals surface area (Å²) >= 11 is 0. The first kappa shape index (κ1) is 12.9. The van der Waals surface area contributed by atoms with E-state index in [-0.39, 0.29) is 0 Å². The van der Waals surface area contributed by atoms with Gasteiger partial charge in [-0.1, -0.05) is 12.8 Å². The molecule has 0 bridgehead atoms. The van der Waals surface area contributed by atoms with Crippen LogP contribution in [0.3, 0.4) is 0 Å². The number of ether oxygens (including phenoxy) is 1. The third-order valence-corrected chi connectivity index (χ3v) is 3.22. The van der Waals surface area contributed by atoms with Crippen LogP contribution < -0.4 is 10.6 Å². The van der Waals surface area contributed by atoms with Crippen LogP contribution >= 0.6 is 0 Å². The van der Waals surface area contributed by atoms with Gasteiger partial charge in [0.15, 0.2) is 0 Å². The summed E-state index contributed by atoms with van der Waals surface area (Å²) in [6.45, 7) is 6.36. The van der Waals surface area contributed by atoms with E-state index in [1.165, 1.54) is 32.2 Å². The lowest BCUT2D eigenvalue weighted by Gasteiger charge is -2.12. The van der Waals surface area contributed by atoms with Crippen molar-refractivity contribution in [2.24, 2.45) is 5.92 Å². The summed E-state index contributed by atoms with van der Waals surface area (Å²) in [5, 5.41) is 6.89. The highest BCUT2D eigenvalue weighted by Gasteiger charge is 2.13. The summed E-state index contributed by atoms with van der Waals surface area (Å²) in [4.78, 5) is 0. The van der Waals surface area contributed by atoms with Crippen molar-refractivity contribution in [3.05, 3.63) is 0 Å². The number of methoxy groups -OCH3 is 1. The molecule has 1 rings (SSSR count). The molecule has 1 aliphatic rings. The molecular weight excluding hydrogens is 188 g/mol. The summed E-state index contributed by atoms with van der Waals surface area (Å²) in [6, 6.07) is 0. The predicted octanol–water partition coefficient (Wildman–Crippen LogP) is 1.39. The standard InChI is InChI=1S/C12H26N2O/c1-11(15-2)9-13-7-8-14-10-12-5-3-4-6-12/h11-14H,3-10H2,1-2H3. The first-order valence-electron chi connectivity index (χ1n) is 6.27. The average Bonchev–Trinajstić information content (AvgIpc) is 2.75. The Balaban J connectivity index is 1.80. The van der Waals surface area contributed by atoms with Crippen LogP contribution in [-0.2, 0) is 4.74 Å². The van der Waals surface area contributed by atoms with Gasteiger partial charge in [0.1, 0.15) is 0 Å². The van der Waals surface area contributed by atoms with Gasteiger partial charge in [-0.3, -0.25) is 0 Å². The second-order valence-electron chi connectivity index (χ2n) is 4.61. The van der Waals surface area contributed by atoms with E-state index in [9.17, 15) is 0 Å². The summed E-state index contributed by atoms with van der Waals surface area (Å²) in [5.74, 6) is 0.947. The van der Waals surface area contributed by atoms with E-state index in [0.717, 1.165) is 25.6 Å². The molecule has 0 aliphatic heterocycles. The van der Waals surface area contributed by atoms with Gasteiger partial charge in [-0.2, -0.15) is 0 Å². The van der Waals surface area contributed by atoms with E-state index in [1.54, 1.807) is 7.11 Å². The first-order valence-corrected chi connectivity index (χ1v) is 6.27. The van der Waals surface area contributed by atoms with Crippen LogP contribution in [0.25, 0.3) is 0 Å². The number of nitrogens with one attached hydrogen (secondary N) is 2. The highest BCUT2D eigenvalue weighted by molar-refractivity contribution is 4.69. The molecule has 0 saturated heterocycles. The van der Waals surface area contributed by atoms with Crippen LogP contribution in [0, 0.1) is 5.92 Å². The molecule has 15 heavy (non-hydrogen) atoms.